The predicted octanol–water partition coefficient (Wildman–Crippen LogP) is 2.82. The SMILES string of the molecule is CN1Cc2ccccc2N(CC(=O)C2CCCC2)C1=O. The van der Waals surface area contributed by atoms with Gasteiger partial charge in [-0.15, -0.1) is 0 Å². The molecule has 1 saturated carbocycles. The summed E-state index contributed by atoms with van der Waals surface area (Å²) in [5.41, 5.74) is 2.00. The summed E-state index contributed by atoms with van der Waals surface area (Å²) in [6.07, 6.45) is 4.25. The number of amides is 2. The van der Waals surface area contributed by atoms with Gasteiger partial charge in [0, 0.05) is 19.5 Å². The molecule has 1 aliphatic heterocycles. The zero-order valence-corrected chi connectivity index (χ0v) is 11.8. The number of carbonyl (C=O) groups is 2. The van der Waals surface area contributed by atoms with Gasteiger partial charge < -0.3 is 4.90 Å². The predicted molar refractivity (Wildman–Crippen MR) is 77.6 cm³/mol. The van der Waals surface area contributed by atoms with Crippen molar-refractivity contribution in [3.05, 3.63) is 29.8 Å². The van der Waals surface area contributed by atoms with Crippen LogP contribution < -0.4 is 4.90 Å². The fourth-order valence-electron chi connectivity index (χ4n) is 3.23. The molecule has 0 radical (unpaired) electrons. The maximum atomic E-state index is 12.4. The van der Waals surface area contributed by atoms with Gasteiger partial charge in [0.1, 0.15) is 0 Å². The number of hydrogen-bond donors (Lipinski definition) is 0. The van der Waals surface area contributed by atoms with Crippen molar-refractivity contribution in [2.24, 2.45) is 5.92 Å². The first-order valence-electron chi connectivity index (χ1n) is 7.30. The lowest BCUT2D eigenvalue weighted by Gasteiger charge is -2.35. The molecule has 4 heteroatoms. The van der Waals surface area contributed by atoms with Crippen molar-refractivity contribution < 1.29 is 9.59 Å². The zero-order valence-electron chi connectivity index (χ0n) is 11.8. The molecule has 1 heterocycles. The quantitative estimate of drug-likeness (QED) is 0.849. The van der Waals surface area contributed by atoms with E-state index in [9.17, 15) is 9.59 Å². The average molecular weight is 272 g/mol. The molecule has 1 aliphatic carbocycles. The van der Waals surface area contributed by atoms with Crippen LogP contribution in [0.2, 0.25) is 0 Å². The monoisotopic (exact) mass is 272 g/mol. The minimum absolute atomic E-state index is 0.0740. The smallest absolute Gasteiger partial charge is 0.323 e. The van der Waals surface area contributed by atoms with E-state index in [-0.39, 0.29) is 24.3 Å². The van der Waals surface area contributed by atoms with Crippen molar-refractivity contribution in [3.63, 3.8) is 0 Å². The largest absolute Gasteiger partial charge is 0.324 e. The Morgan fingerprint density at radius 3 is 2.70 bits per heavy atom. The van der Waals surface area contributed by atoms with E-state index in [1.165, 1.54) is 0 Å². The summed E-state index contributed by atoms with van der Waals surface area (Å²) in [5.74, 6) is 0.364. The van der Waals surface area contributed by atoms with Gasteiger partial charge in [0.2, 0.25) is 0 Å². The lowest BCUT2D eigenvalue weighted by Crippen LogP contribution is -2.48. The van der Waals surface area contributed by atoms with E-state index in [0.717, 1.165) is 36.9 Å². The van der Waals surface area contributed by atoms with Crippen LogP contribution in [0.1, 0.15) is 31.2 Å². The van der Waals surface area contributed by atoms with Crippen molar-refractivity contribution in [1.82, 2.24) is 4.90 Å². The third-order valence-corrected chi connectivity index (χ3v) is 4.37. The Balaban J connectivity index is 1.83. The van der Waals surface area contributed by atoms with Crippen LogP contribution in [0.5, 0.6) is 0 Å². The number of ketones is 1. The van der Waals surface area contributed by atoms with Gasteiger partial charge in [-0.05, 0) is 24.5 Å². The Hall–Kier alpha value is -1.84. The van der Waals surface area contributed by atoms with Gasteiger partial charge in [0.15, 0.2) is 5.78 Å². The molecule has 1 fully saturated rings. The van der Waals surface area contributed by atoms with Crippen LogP contribution in [-0.2, 0) is 11.3 Å². The summed E-state index contributed by atoms with van der Waals surface area (Å²) in [5, 5.41) is 0. The van der Waals surface area contributed by atoms with Crippen LogP contribution in [0, 0.1) is 5.92 Å². The Morgan fingerprint density at radius 1 is 1.25 bits per heavy atom. The van der Waals surface area contributed by atoms with Gasteiger partial charge in [-0.25, -0.2) is 4.79 Å². The van der Waals surface area contributed by atoms with E-state index in [1.54, 1.807) is 16.8 Å². The molecule has 4 nitrogen and oxygen atoms in total. The zero-order chi connectivity index (χ0) is 14.1. The normalized spacial score (nSPS) is 19.4. The number of anilines is 1. The second-order valence-corrected chi connectivity index (χ2v) is 5.80. The Bertz CT molecular complexity index is 535. The summed E-state index contributed by atoms with van der Waals surface area (Å²) in [7, 11) is 1.78. The molecule has 0 spiro atoms. The minimum atomic E-state index is -0.0740. The van der Waals surface area contributed by atoms with Gasteiger partial charge >= 0.3 is 6.03 Å². The maximum Gasteiger partial charge on any atom is 0.324 e. The number of benzene rings is 1. The lowest BCUT2D eigenvalue weighted by atomic mass is 10.0. The molecule has 0 saturated heterocycles. The minimum Gasteiger partial charge on any atom is -0.323 e. The van der Waals surface area contributed by atoms with Crippen molar-refractivity contribution >= 4 is 17.5 Å². The van der Waals surface area contributed by atoms with E-state index in [0.29, 0.717) is 6.54 Å². The number of Topliss-reactive ketones (excluding diaryl/α,β-unsaturated/α-hetero) is 1. The number of urea groups is 1. The summed E-state index contributed by atoms with van der Waals surface area (Å²) < 4.78 is 0. The van der Waals surface area contributed by atoms with Crippen molar-refractivity contribution in [2.75, 3.05) is 18.5 Å². The highest BCUT2D eigenvalue weighted by atomic mass is 16.2. The van der Waals surface area contributed by atoms with E-state index >= 15 is 0 Å². The van der Waals surface area contributed by atoms with E-state index in [4.69, 9.17) is 0 Å². The molecule has 20 heavy (non-hydrogen) atoms. The van der Waals surface area contributed by atoms with Crippen LogP contribution in [0.15, 0.2) is 24.3 Å². The highest BCUT2D eigenvalue weighted by Crippen LogP contribution is 2.30. The highest BCUT2D eigenvalue weighted by molar-refractivity contribution is 6.00. The van der Waals surface area contributed by atoms with Crippen LogP contribution >= 0.6 is 0 Å². The Labute approximate surface area is 119 Å². The molecule has 2 amide bonds. The Morgan fingerprint density at radius 2 is 1.95 bits per heavy atom. The van der Waals surface area contributed by atoms with Gasteiger partial charge in [-0.1, -0.05) is 31.0 Å². The van der Waals surface area contributed by atoms with Crippen molar-refractivity contribution in [3.8, 4) is 0 Å². The first-order valence-corrected chi connectivity index (χ1v) is 7.30. The third-order valence-electron chi connectivity index (χ3n) is 4.37. The molecule has 0 bridgehead atoms. The molecule has 0 unspecified atom stereocenters. The molecule has 3 rings (SSSR count). The van der Waals surface area contributed by atoms with E-state index < -0.39 is 0 Å². The summed E-state index contributed by atoms with van der Waals surface area (Å²) in [4.78, 5) is 28.0. The van der Waals surface area contributed by atoms with E-state index in [2.05, 4.69) is 0 Å². The topological polar surface area (TPSA) is 40.6 Å². The van der Waals surface area contributed by atoms with Gasteiger partial charge in [-0.2, -0.15) is 0 Å². The second kappa shape index (κ2) is 5.27. The molecule has 1 aromatic rings. The molecular formula is C16H20N2O2. The van der Waals surface area contributed by atoms with Gasteiger partial charge in [0.05, 0.1) is 12.2 Å². The standard InChI is InChI=1S/C16H20N2O2/c1-17-10-13-8-4-5-9-14(13)18(16(17)20)11-15(19)12-6-2-3-7-12/h4-5,8-9,12H,2-3,6-7,10-11H2,1H3. The number of para-hydroxylation sites is 1. The molecule has 0 atom stereocenters. The Kier molecular flexibility index (Phi) is 3.47. The maximum absolute atomic E-state index is 12.4. The van der Waals surface area contributed by atoms with E-state index in [1.807, 2.05) is 24.3 Å². The molecule has 1 aromatic carbocycles. The highest BCUT2D eigenvalue weighted by Gasteiger charge is 2.32. The lowest BCUT2D eigenvalue weighted by molar-refractivity contribution is -0.121. The third kappa shape index (κ3) is 2.30. The van der Waals surface area contributed by atoms with Crippen LogP contribution in [0.3, 0.4) is 0 Å². The van der Waals surface area contributed by atoms with Crippen LogP contribution in [-0.4, -0.2) is 30.3 Å². The number of nitrogens with zero attached hydrogens (tertiary/aromatic N) is 2. The van der Waals surface area contributed by atoms with Gasteiger partial charge in [-0.3, -0.25) is 9.69 Å². The van der Waals surface area contributed by atoms with Crippen molar-refractivity contribution in [1.29, 1.82) is 0 Å². The first-order chi connectivity index (χ1) is 9.66. The van der Waals surface area contributed by atoms with Crippen LogP contribution in [0.25, 0.3) is 0 Å². The molecule has 0 aromatic heterocycles. The first kappa shape index (κ1) is 13.2. The molecular weight excluding hydrogens is 252 g/mol. The molecule has 2 aliphatic rings. The number of fused-ring (bicyclic) bond motifs is 1. The summed E-state index contributed by atoms with van der Waals surface area (Å²) >= 11 is 0. The number of hydrogen-bond acceptors (Lipinski definition) is 2. The molecule has 106 valence electrons. The fourth-order valence-corrected chi connectivity index (χ4v) is 3.23. The summed E-state index contributed by atoms with van der Waals surface area (Å²) in [6.45, 7) is 0.827. The van der Waals surface area contributed by atoms with Gasteiger partial charge in [0.25, 0.3) is 0 Å². The van der Waals surface area contributed by atoms with Crippen molar-refractivity contribution in [2.45, 2.75) is 32.2 Å². The van der Waals surface area contributed by atoms with Crippen LogP contribution in [0.4, 0.5) is 10.5 Å². The number of rotatable bonds is 3. The average Bonchev–Trinajstić information content (AvgIpc) is 2.98. The number of carbonyl (C=O) groups excluding carboxylic acids is 2. The summed E-state index contributed by atoms with van der Waals surface area (Å²) in [6, 6.07) is 7.77. The molecule has 0 N–H and O–H groups in total. The fraction of sp³-hybridized carbons (Fsp3) is 0.500. The second-order valence-electron chi connectivity index (χ2n) is 5.80.